The minimum atomic E-state index is -0.559. The molecule has 0 aromatic heterocycles. The Morgan fingerprint density at radius 1 is 1.50 bits per heavy atom. The standard InChI is InChI=1S/C10H14ClNO2/c1-7(11)14-10(13)9-4-2-8(6-12)3-5-9/h7-9H,2-5H2,1H3. The van der Waals surface area contributed by atoms with E-state index < -0.39 is 5.56 Å². The average Bonchev–Trinajstić information content (AvgIpc) is 2.17. The number of esters is 1. The van der Waals surface area contributed by atoms with Gasteiger partial charge in [-0.2, -0.15) is 5.26 Å². The van der Waals surface area contributed by atoms with Crippen molar-refractivity contribution in [2.24, 2.45) is 11.8 Å². The number of carbonyl (C=O) groups excluding carboxylic acids is 1. The lowest BCUT2D eigenvalue weighted by molar-refractivity contribution is -0.151. The highest BCUT2D eigenvalue weighted by Crippen LogP contribution is 2.29. The second-order valence-electron chi connectivity index (χ2n) is 3.66. The van der Waals surface area contributed by atoms with Crippen LogP contribution in [0.5, 0.6) is 0 Å². The van der Waals surface area contributed by atoms with Crippen molar-refractivity contribution >= 4 is 17.6 Å². The van der Waals surface area contributed by atoms with Crippen LogP contribution in [-0.4, -0.2) is 11.5 Å². The molecule has 14 heavy (non-hydrogen) atoms. The largest absolute Gasteiger partial charge is 0.446 e. The molecule has 0 aromatic carbocycles. The summed E-state index contributed by atoms with van der Waals surface area (Å²) in [7, 11) is 0. The Bertz CT molecular complexity index is 239. The van der Waals surface area contributed by atoms with Gasteiger partial charge in [0.15, 0.2) is 5.56 Å². The third kappa shape index (κ3) is 3.19. The molecule has 1 atom stereocenters. The summed E-state index contributed by atoms with van der Waals surface area (Å²) < 4.78 is 4.90. The summed E-state index contributed by atoms with van der Waals surface area (Å²) in [5.41, 5.74) is -0.559. The Balaban J connectivity index is 2.35. The van der Waals surface area contributed by atoms with Gasteiger partial charge in [-0.25, -0.2) is 0 Å². The highest BCUT2D eigenvalue weighted by atomic mass is 35.5. The van der Waals surface area contributed by atoms with Crippen molar-refractivity contribution in [1.82, 2.24) is 0 Å². The van der Waals surface area contributed by atoms with Crippen molar-refractivity contribution in [2.75, 3.05) is 0 Å². The van der Waals surface area contributed by atoms with Crippen LogP contribution in [0.4, 0.5) is 0 Å². The maximum absolute atomic E-state index is 11.4. The predicted molar refractivity (Wildman–Crippen MR) is 52.5 cm³/mol. The third-order valence-electron chi connectivity index (χ3n) is 2.52. The molecule has 0 bridgehead atoms. The maximum Gasteiger partial charge on any atom is 0.310 e. The van der Waals surface area contributed by atoms with Gasteiger partial charge in [0, 0.05) is 5.92 Å². The molecule has 3 nitrogen and oxygen atoms in total. The molecule has 1 saturated carbocycles. The van der Waals surface area contributed by atoms with Crippen LogP contribution in [0.2, 0.25) is 0 Å². The fraction of sp³-hybridized carbons (Fsp3) is 0.800. The van der Waals surface area contributed by atoms with E-state index in [9.17, 15) is 4.79 Å². The molecule has 1 rings (SSSR count). The molecule has 0 radical (unpaired) electrons. The number of ether oxygens (including phenoxy) is 1. The minimum absolute atomic E-state index is 0.0548. The van der Waals surface area contributed by atoms with Gasteiger partial charge in [0.05, 0.1) is 12.0 Å². The summed E-state index contributed by atoms with van der Waals surface area (Å²) in [4.78, 5) is 11.4. The minimum Gasteiger partial charge on any atom is -0.446 e. The Kier molecular flexibility index (Phi) is 4.21. The van der Waals surface area contributed by atoms with Crippen LogP contribution in [0.25, 0.3) is 0 Å². The molecule has 1 aliphatic rings. The molecule has 4 heteroatoms. The lowest BCUT2D eigenvalue weighted by atomic mass is 9.83. The van der Waals surface area contributed by atoms with E-state index in [2.05, 4.69) is 6.07 Å². The van der Waals surface area contributed by atoms with E-state index in [1.807, 2.05) is 0 Å². The number of carbonyl (C=O) groups is 1. The van der Waals surface area contributed by atoms with Crippen LogP contribution in [0.15, 0.2) is 0 Å². The van der Waals surface area contributed by atoms with Crippen molar-refractivity contribution < 1.29 is 9.53 Å². The van der Waals surface area contributed by atoms with Crippen LogP contribution < -0.4 is 0 Å². The number of nitrogens with zero attached hydrogens (tertiary/aromatic N) is 1. The number of halogens is 1. The van der Waals surface area contributed by atoms with Crippen molar-refractivity contribution in [3.05, 3.63) is 0 Å². The van der Waals surface area contributed by atoms with Gasteiger partial charge in [-0.05, 0) is 32.6 Å². The number of hydrogen-bond acceptors (Lipinski definition) is 3. The lowest BCUT2D eigenvalue weighted by Crippen LogP contribution is -2.24. The Morgan fingerprint density at radius 2 is 2.07 bits per heavy atom. The van der Waals surface area contributed by atoms with Crippen molar-refractivity contribution in [1.29, 1.82) is 5.26 Å². The summed E-state index contributed by atoms with van der Waals surface area (Å²) in [6, 6.07) is 2.23. The fourth-order valence-corrected chi connectivity index (χ4v) is 1.80. The molecule has 1 unspecified atom stereocenters. The van der Waals surface area contributed by atoms with Crippen molar-refractivity contribution in [2.45, 2.75) is 38.2 Å². The van der Waals surface area contributed by atoms with Gasteiger partial charge in [-0.15, -0.1) is 0 Å². The molecule has 0 N–H and O–H groups in total. The van der Waals surface area contributed by atoms with E-state index in [1.165, 1.54) is 0 Å². The van der Waals surface area contributed by atoms with Crippen molar-refractivity contribution in [3.63, 3.8) is 0 Å². The van der Waals surface area contributed by atoms with E-state index in [1.54, 1.807) is 6.92 Å². The van der Waals surface area contributed by atoms with Crippen LogP contribution in [0, 0.1) is 23.2 Å². The molecular weight excluding hydrogens is 202 g/mol. The Hall–Kier alpha value is -0.750. The Labute approximate surface area is 89.0 Å². The molecular formula is C10H14ClNO2. The highest BCUT2D eigenvalue weighted by Gasteiger charge is 2.27. The normalized spacial score (nSPS) is 28.9. The van der Waals surface area contributed by atoms with Crippen molar-refractivity contribution in [3.8, 4) is 6.07 Å². The number of nitriles is 1. The first-order valence-electron chi connectivity index (χ1n) is 4.87. The Morgan fingerprint density at radius 3 is 2.50 bits per heavy atom. The summed E-state index contributed by atoms with van der Waals surface area (Å²) in [6.45, 7) is 1.63. The van der Waals surface area contributed by atoms with Crippen LogP contribution in [0.3, 0.4) is 0 Å². The maximum atomic E-state index is 11.4. The molecule has 0 amide bonds. The number of rotatable bonds is 2. The van der Waals surface area contributed by atoms with Gasteiger partial charge in [-0.1, -0.05) is 11.6 Å². The fourth-order valence-electron chi connectivity index (χ4n) is 1.71. The summed E-state index contributed by atoms with van der Waals surface area (Å²) >= 11 is 5.55. The summed E-state index contributed by atoms with van der Waals surface area (Å²) in [5.74, 6) is -0.155. The lowest BCUT2D eigenvalue weighted by Gasteiger charge is -2.23. The first-order valence-corrected chi connectivity index (χ1v) is 5.31. The summed E-state index contributed by atoms with van der Waals surface area (Å²) in [5, 5.41) is 8.67. The second kappa shape index (κ2) is 5.21. The van der Waals surface area contributed by atoms with E-state index in [-0.39, 0.29) is 17.8 Å². The van der Waals surface area contributed by atoms with E-state index >= 15 is 0 Å². The SMILES string of the molecule is CC(Cl)OC(=O)C1CCC(C#N)CC1. The van der Waals surface area contributed by atoms with E-state index in [0.717, 1.165) is 25.7 Å². The molecule has 0 saturated heterocycles. The zero-order valence-corrected chi connectivity index (χ0v) is 8.96. The average molecular weight is 216 g/mol. The second-order valence-corrected chi connectivity index (χ2v) is 4.27. The van der Waals surface area contributed by atoms with Gasteiger partial charge < -0.3 is 4.74 Å². The molecule has 0 aliphatic heterocycles. The van der Waals surface area contributed by atoms with Gasteiger partial charge in [0.25, 0.3) is 0 Å². The third-order valence-corrected chi connectivity index (χ3v) is 2.61. The molecule has 0 spiro atoms. The van der Waals surface area contributed by atoms with Gasteiger partial charge in [0.1, 0.15) is 0 Å². The smallest absolute Gasteiger partial charge is 0.310 e. The van der Waals surface area contributed by atoms with Gasteiger partial charge in [0.2, 0.25) is 0 Å². The zero-order chi connectivity index (χ0) is 10.6. The molecule has 78 valence electrons. The van der Waals surface area contributed by atoms with E-state index in [0.29, 0.717) is 0 Å². The highest BCUT2D eigenvalue weighted by molar-refractivity contribution is 6.19. The van der Waals surface area contributed by atoms with Crippen LogP contribution in [-0.2, 0) is 9.53 Å². The predicted octanol–water partition coefficient (Wildman–Crippen LogP) is 2.44. The molecule has 0 aromatic rings. The number of hydrogen-bond donors (Lipinski definition) is 0. The van der Waals surface area contributed by atoms with Crippen LogP contribution >= 0.6 is 11.6 Å². The van der Waals surface area contributed by atoms with Gasteiger partial charge in [-0.3, -0.25) is 4.79 Å². The number of alkyl halides is 1. The molecule has 1 fully saturated rings. The zero-order valence-electron chi connectivity index (χ0n) is 8.20. The monoisotopic (exact) mass is 215 g/mol. The topological polar surface area (TPSA) is 50.1 Å². The summed E-state index contributed by atoms with van der Waals surface area (Å²) in [6.07, 6.45) is 3.10. The first-order chi connectivity index (χ1) is 6.63. The van der Waals surface area contributed by atoms with E-state index in [4.69, 9.17) is 21.6 Å². The molecule has 0 heterocycles. The molecule has 1 aliphatic carbocycles. The first kappa shape index (κ1) is 11.3. The van der Waals surface area contributed by atoms with Crippen LogP contribution in [0.1, 0.15) is 32.6 Å². The quantitative estimate of drug-likeness (QED) is 0.525. The van der Waals surface area contributed by atoms with Gasteiger partial charge >= 0.3 is 5.97 Å².